The Kier molecular flexibility index (Phi) is 3.03. The molecule has 0 amide bonds. The summed E-state index contributed by atoms with van der Waals surface area (Å²) in [6, 6.07) is 5.45. The van der Waals surface area contributed by atoms with Gasteiger partial charge in [0.05, 0.1) is 12.4 Å². The van der Waals surface area contributed by atoms with Crippen LogP contribution < -0.4 is 0 Å². The Morgan fingerprint density at radius 2 is 1.46 bits per heavy atom. The van der Waals surface area contributed by atoms with Crippen LogP contribution in [0.2, 0.25) is 0 Å². The molecule has 0 spiro atoms. The molecule has 0 unspecified atom stereocenters. The Bertz CT molecular complexity index is 315. The number of hydrogen-bond acceptors (Lipinski definition) is 4. The highest BCUT2D eigenvalue weighted by molar-refractivity contribution is 5.86. The van der Waals surface area contributed by atoms with Crippen LogP contribution in [0.15, 0.2) is 28.5 Å². The van der Waals surface area contributed by atoms with Gasteiger partial charge in [-0.25, -0.2) is 0 Å². The third-order valence-electron chi connectivity index (χ3n) is 1.54. The van der Waals surface area contributed by atoms with E-state index in [1.807, 2.05) is 19.1 Å². The molecule has 0 radical (unpaired) electrons. The summed E-state index contributed by atoms with van der Waals surface area (Å²) < 4.78 is 0. The average Bonchev–Trinajstić information content (AvgIpc) is 2.04. The van der Waals surface area contributed by atoms with Crippen molar-refractivity contribution in [2.45, 2.75) is 6.92 Å². The van der Waals surface area contributed by atoms with Crippen LogP contribution in [0.3, 0.4) is 0 Å². The second kappa shape index (κ2) is 4.25. The maximum atomic E-state index is 8.32. The molecule has 13 heavy (non-hydrogen) atoms. The van der Waals surface area contributed by atoms with Crippen LogP contribution in [0.4, 0.5) is 0 Å². The normalized spacial score (nSPS) is 11.5. The van der Waals surface area contributed by atoms with Gasteiger partial charge in [-0.2, -0.15) is 0 Å². The highest BCUT2D eigenvalue weighted by atomic mass is 16.4. The van der Waals surface area contributed by atoms with Gasteiger partial charge in [-0.15, -0.1) is 0 Å². The van der Waals surface area contributed by atoms with Crippen LogP contribution in [0.25, 0.3) is 0 Å². The van der Waals surface area contributed by atoms with E-state index in [9.17, 15) is 0 Å². The van der Waals surface area contributed by atoms with Gasteiger partial charge in [0.2, 0.25) is 0 Å². The first kappa shape index (κ1) is 9.25. The molecular weight excluding hydrogens is 168 g/mol. The van der Waals surface area contributed by atoms with Gasteiger partial charge in [0.25, 0.3) is 0 Å². The number of rotatable bonds is 2. The summed E-state index contributed by atoms with van der Waals surface area (Å²) in [6.45, 7) is 1.91. The lowest BCUT2D eigenvalue weighted by Crippen LogP contribution is -1.88. The first-order valence-corrected chi connectivity index (χ1v) is 3.73. The zero-order valence-corrected chi connectivity index (χ0v) is 7.18. The zero-order valence-electron chi connectivity index (χ0n) is 7.18. The van der Waals surface area contributed by atoms with Gasteiger partial charge in [0, 0.05) is 0 Å². The highest BCUT2D eigenvalue weighted by Crippen LogP contribution is 2.06. The number of benzene rings is 1. The number of nitrogens with zero attached hydrogens (tertiary/aromatic N) is 2. The maximum absolute atomic E-state index is 8.32. The van der Waals surface area contributed by atoms with Crippen molar-refractivity contribution in [3.63, 3.8) is 0 Å². The van der Waals surface area contributed by atoms with E-state index in [-0.39, 0.29) is 0 Å². The van der Waals surface area contributed by atoms with Crippen molar-refractivity contribution < 1.29 is 10.4 Å². The minimum Gasteiger partial charge on any atom is -0.411 e. The fraction of sp³-hybridized carbons (Fsp3) is 0.111. The zero-order chi connectivity index (χ0) is 9.68. The molecule has 0 aliphatic carbocycles. The predicted octanol–water partition coefficient (Wildman–Crippen LogP) is 1.61. The van der Waals surface area contributed by atoms with Gasteiger partial charge in [-0.05, 0) is 29.7 Å². The monoisotopic (exact) mass is 178 g/mol. The summed E-state index contributed by atoms with van der Waals surface area (Å²) in [5.41, 5.74) is 2.53. The molecule has 0 heterocycles. The summed E-state index contributed by atoms with van der Waals surface area (Å²) in [4.78, 5) is 0. The molecule has 0 bridgehead atoms. The van der Waals surface area contributed by atoms with Crippen molar-refractivity contribution in [3.8, 4) is 0 Å². The Balaban J connectivity index is 3.10. The Hall–Kier alpha value is -1.84. The Labute approximate surface area is 75.8 Å². The SMILES string of the molecule is Cc1cc(/C=N\O)cc(/C=N\O)c1. The smallest absolute Gasteiger partial charge is 0.0734 e. The summed E-state index contributed by atoms with van der Waals surface area (Å²) in [6.07, 6.45) is 2.64. The van der Waals surface area contributed by atoms with E-state index in [0.717, 1.165) is 16.7 Å². The van der Waals surface area contributed by atoms with Crippen molar-refractivity contribution in [3.05, 3.63) is 34.9 Å². The van der Waals surface area contributed by atoms with Crippen LogP contribution in [-0.4, -0.2) is 22.8 Å². The molecular formula is C9H10N2O2. The van der Waals surface area contributed by atoms with E-state index >= 15 is 0 Å². The third kappa shape index (κ3) is 2.59. The van der Waals surface area contributed by atoms with E-state index in [4.69, 9.17) is 10.4 Å². The van der Waals surface area contributed by atoms with Crippen LogP contribution in [0.5, 0.6) is 0 Å². The molecule has 0 aliphatic heterocycles. The molecule has 1 rings (SSSR count). The maximum Gasteiger partial charge on any atom is 0.0734 e. The molecule has 4 nitrogen and oxygen atoms in total. The second-order valence-corrected chi connectivity index (χ2v) is 2.67. The molecule has 0 saturated carbocycles. The molecule has 2 N–H and O–H groups in total. The van der Waals surface area contributed by atoms with E-state index in [0.29, 0.717) is 0 Å². The fourth-order valence-corrected chi connectivity index (χ4v) is 1.13. The molecule has 1 aromatic carbocycles. The van der Waals surface area contributed by atoms with Gasteiger partial charge in [-0.3, -0.25) is 0 Å². The van der Waals surface area contributed by atoms with Crippen molar-refractivity contribution in [2.24, 2.45) is 10.3 Å². The van der Waals surface area contributed by atoms with Gasteiger partial charge in [-0.1, -0.05) is 22.4 Å². The number of oxime groups is 2. The first-order valence-electron chi connectivity index (χ1n) is 3.73. The summed E-state index contributed by atoms with van der Waals surface area (Å²) in [5.74, 6) is 0. The van der Waals surface area contributed by atoms with Crippen LogP contribution in [0, 0.1) is 6.92 Å². The van der Waals surface area contributed by atoms with Crippen molar-refractivity contribution in [1.82, 2.24) is 0 Å². The van der Waals surface area contributed by atoms with Crippen molar-refractivity contribution in [2.75, 3.05) is 0 Å². The topological polar surface area (TPSA) is 65.2 Å². The van der Waals surface area contributed by atoms with E-state index in [2.05, 4.69) is 10.3 Å². The Morgan fingerprint density at radius 1 is 1.00 bits per heavy atom. The van der Waals surface area contributed by atoms with Crippen LogP contribution >= 0.6 is 0 Å². The van der Waals surface area contributed by atoms with E-state index < -0.39 is 0 Å². The summed E-state index contributed by atoms with van der Waals surface area (Å²) >= 11 is 0. The van der Waals surface area contributed by atoms with Gasteiger partial charge >= 0.3 is 0 Å². The third-order valence-corrected chi connectivity index (χ3v) is 1.54. The molecule has 0 aliphatic rings. The number of aryl methyl sites for hydroxylation is 1. The van der Waals surface area contributed by atoms with Crippen LogP contribution in [-0.2, 0) is 0 Å². The molecule has 0 fully saturated rings. The molecule has 0 saturated heterocycles. The average molecular weight is 178 g/mol. The Morgan fingerprint density at radius 3 is 1.85 bits per heavy atom. The minimum atomic E-state index is 0.761. The second-order valence-electron chi connectivity index (χ2n) is 2.67. The molecule has 68 valence electrons. The summed E-state index contributed by atoms with van der Waals surface area (Å²) in [5, 5.41) is 22.5. The molecule has 0 aromatic heterocycles. The number of hydrogen-bond donors (Lipinski definition) is 2. The van der Waals surface area contributed by atoms with E-state index in [1.165, 1.54) is 12.4 Å². The lowest BCUT2D eigenvalue weighted by atomic mass is 10.1. The van der Waals surface area contributed by atoms with Crippen molar-refractivity contribution in [1.29, 1.82) is 0 Å². The van der Waals surface area contributed by atoms with Gasteiger partial charge < -0.3 is 10.4 Å². The lowest BCUT2D eigenvalue weighted by molar-refractivity contribution is 0.322. The van der Waals surface area contributed by atoms with Crippen molar-refractivity contribution >= 4 is 12.4 Å². The largest absolute Gasteiger partial charge is 0.411 e. The van der Waals surface area contributed by atoms with E-state index in [1.54, 1.807) is 6.07 Å². The molecule has 4 heteroatoms. The van der Waals surface area contributed by atoms with Gasteiger partial charge in [0.15, 0.2) is 0 Å². The fourth-order valence-electron chi connectivity index (χ4n) is 1.13. The quantitative estimate of drug-likeness (QED) is 0.410. The first-order chi connectivity index (χ1) is 6.26. The van der Waals surface area contributed by atoms with Crippen LogP contribution in [0.1, 0.15) is 16.7 Å². The molecule has 1 aromatic rings. The minimum absolute atomic E-state index is 0.761. The van der Waals surface area contributed by atoms with Gasteiger partial charge in [0.1, 0.15) is 0 Å². The summed E-state index contributed by atoms with van der Waals surface area (Å²) in [7, 11) is 0. The standard InChI is InChI=1S/C9H10N2O2/c1-7-2-8(5-10-12)4-9(3-7)6-11-13/h2-6,12-13H,1H3/b10-5-,11-6-. The highest BCUT2D eigenvalue weighted by Gasteiger charge is 1.94. The molecule has 0 atom stereocenters. The predicted molar refractivity (Wildman–Crippen MR) is 49.9 cm³/mol. The lowest BCUT2D eigenvalue weighted by Gasteiger charge is -1.98.